The molecule has 1 unspecified atom stereocenters. The van der Waals surface area contributed by atoms with E-state index in [-0.39, 0.29) is 25.5 Å². The number of nitrogens with one attached hydrogen (secondary N) is 2. The number of amides is 4. The molecule has 45 heavy (non-hydrogen) atoms. The Hall–Kier alpha value is -4.29. The fraction of sp³-hybridized carbons (Fsp3) is 0.485. The third-order valence-electron chi connectivity index (χ3n) is 7.83. The molecule has 7 N–H and O–H groups in total. The number of likely N-dealkylation sites (tertiary alicyclic amines) is 1. The van der Waals surface area contributed by atoms with E-state index in [1.165, 1.54) is 4.90 Å². The highest BCUT2D eigenvalue weighted by Gasteiger charge is 2.53. The first-order valence-corrected chi connectivity index (χ1v) is 15.1. The number of Topliss-reactive ketones (excluding diaryl/α,β-unsaturated/α-hetero) is 1. The molecule has 2 aromatic carbocycles. The molecule has 0 aliphatic carbocycles. The quantitative estimate of drug-likeness (QED) is 0.208. The van der Waals surface area contributed by atoms with E-state index in [0.29, 0.717) is 24.0 Å². The maximum absolute atomic E-state index is 14.1. The molecule has 4 amide bonds. The Kier molecular flexibility index (Phi) is 11.8. The fourth-order valence-electron chi connectivity index (χ4n) is 5.59. The predicted molar refractivity (Wildman–Crippen MR) is 167 cm³/mol. The lowest BCUT2D eigenvalue weighted by molar-refractivity contribution is -0.164. The van der Waals surface area contributed by atoms with Crippen molar-refractivity contribution in [2.24, 2.45) is 23.3 Å². The minimum Gasteiger partial charge on any atom is -0.445 e. The average Bonchev–Trinajstić information content (AvgIpc) is 3.42. The molecule has 12 nitrogen and oxygen atoms in total. The van der Waals surface area contributed by atoms with Crippen LogP contribution in [0.5, 0.6) is 0 Å². The van der Waals surface area contributed by atoms with Crippen LogP contribution in [0.2, 0.25) is 0 Å². The predicted octanol–water partition coefficient (Wildman–Crippen LogP) is 1.77. The number of nitrogens with two attached hydrogens (primary N) is 2. The Morgan fingerprint density at radius 2 is 1.58 bits per heavy atom. The second-order valence-electron chi connectivity index (χ2n) is 12.5. The molecule has 0 saturated carbocycles. The molecule has 2 aromatic rings. The van der Waals surface area contributed by atoms with Gasteiger partial charge in [0.2, 0.25) is 17.5 Å². The molecule has 12 heteroatoms. The number of hydrogen-bond donors (Lipinski definition) is 5. The fourth-order valence-corrected chi connectivity index (χ4v) is 5.59. The van der Waals surface area contributed by atoms with E-state index in [4.69, 9.17) is 16.2 Å². The van der Waals surface area contributed by atoms with Gasteiger partial charge in [0, 0.05) is 12.1 Å². The molecule has 1 aliphatic rings. The van der Waals surface area contributed by atoms with Crippen molar-refractivity contribution >= 4 is 29.6 Å². The van der Waals surface area contributed by atoms with Crippen molar-refractivity contribution in [3.63, 3.8) is 0 Å². The van der Waals surface area contributed by atoms with Gasteiger partial charge < -0.3 is 31.1 Å². The van der Waals surface area contributed by atoms with Crippen molar-refractivity contribution < 1.29 is 33.8 Å². The SMILES string of the molecule is CC[C@@H]1CCN(C(=O)C(N)(O)[C@H](Cc2ccccc2)C(=O)[C@H](CC(N)=O)NC(=O)OCc2ccccc2)[C@@H]1C(=O)NC(C)(C)C. The van der Waals surface area contributed by atoms with Crippen molar-refractivity contribution in [3.8, 4) is 0 Å². The second kappa shape index (κ2) is 15.1. The third-order valence-corrected chi connectivity index (χ3v) is 7.83. The molecule has 0 radical (unpaired) electrons. The van der Waals surface area contributed by atoms with E-state index in [1.54, 1.807) is 60.7 Å². The van der Waals surface area contributed by atoms with E-state index < -0.39 is 65.3 Å². The minimum atomic E-state index is -2.82. The van der Waals surface area contributed by atoms with E-state index in [0.717, 1.165) is 0 Å². The number of primary amides is 1. The zero-order valence-corrected chi connectivity index (χ0v) is 26.3. The topological polar surface area (TPSA) is 194 Å². The summed E-state index contributed by atoms with van der Waals surface area (Å²) in [6.45, 7) is 7.39. The van der Waals surface area contributed by atoms with Crippen LogP contribution >= 0.6 is 0 Å². The van der Waals surface area contributed by atoms with Crippen LogP contribution in [0.25, 0.3) is 0 Å². The highest BCUT2D eigenvalue weighted by molar-refractivity contribution is 6.00. The van der Waals surface area contributed by atoms with Gasteiger partial charge in [-0.2, -0.15) is 0 Å². The maximum Gasteiger partial charge on any atom is 0.408 e. The van der Waals surface area contributed by atoms with Gasteiger partial charge in [-0.05, 0) is 50.7 Å². The van der Waals surface area contributed by atoms with Gasteiger partial charge in [-0.1, -0.05) is 74.0 Å². The zero-order chi connectivity index (χ0) is 33.4. The van der Waals surface area contributed by atoms with Crippen LogP contribution in [0.4, 0.5) is 4.79 Å². The van der Waals surface area contributed by atoms with Gasteiger partial charge in [0.05, 0.1) is 12.3 Å². The summed E-state index contributed by atoms with van der Waals surface area (Å²) in [5.74, 6) is -5.04. The number of carbonyl (C=O) groups excluding carboxylic acids is 5. The van der Waals surface area contributed by atoms with Crippen molar-refractivity contribution in [3.05, 3.63) is 71.8 Å². The molecular formula is C33H45N5O7. The molecule has 0 spiro atoms. The number of ether oxygens (including phenoxy) is 1. The van der Waals surface area contributed by atoms with Crippen molar-refractivity contribution in [2.75, 3.05) is 6.54 Å². The number of benzene rings is 2. The lowest BCUT2D eigenvalue weighted by Gasteiger charge is -2.38. The Bertz CT molecular complexity index is 1340. The number of carbonyl (C=O) groups is 5. The number of aliphatic hydroxyl groups is 1. The monoisotopic (exact) mass is 623 g/mol. The van der Waals surface area contributed by atoms with Crippen LogP contribution in [0.3, 0.4) is 0 Å². The summed E-state index contributed by atoms with van der Waals surface area (Å²) in [6, 6.07) is 14.9. The molecule has 1 heterocycles. The summed E-state index contributed by atoms with van der Waals surface area (Å²) in [4.78, 5) is 67.6. The van der Waals surface area contributed by atoms with Gasteiger partial charge in [-0.15, -0.1) is 0 Å². The number of ketones is 1. The first-order chi connectivity index (χ1) is 21.1. The largest absolute Gasteiger partial charge is 0.445 e. The Balaban J connectivity index is 1.94. The number of rotatable bonds is 13. The molecule has 1 saturated heterocycles. The van der Waals surface area contributed by atoms with Gasteiger partial charge in [0.15, 0.2) is 5.78 Å². The van der Waals surface area contributed by atoms with Crippen LogP contribution in [-0.2, 0) is 36.9 Å². The summed E-state index contributed by atoms with van der Waals surface area (Å²) in [7, 11) is 0. The standard InChI is InChI=1S/C33H45N5O7/c1-5-23-16-17-38(27(23)29(41)37-32(2,3)4)30(42)33(35,44)24(18-21-12-8-6-9-13-21)28(40)25(19-26(34)39)36-31(43)45-20-22-14-10-7-11-15-22/h6-15,23-25,27,44H,5,16-20,35H2,1-4H3,(H2,34,39)(H,36,43)(H,37,41)/t23-,24-,25+,27+,33?/m1/s1. The number of hydrogen-bond acceptors (Lipinski definition) is 8. The first kappa shape index (κ1) is 35.2. The zero-order valence-electron chi connectivity index (χ0n) is 26.3. The molecule has 244 valence electrons. The van der Waals surface area contributed by atoms with Crippen LogP contribution in [0.1, 0.15) is 58.1 Å². The highest BCUT2D eigenvalue weighted by Crippen LogP contribution is 2.32. The Morgan fingerprint density at radius 3 is 2.11 bits per heavy atom. The van der Waals surface area contributed by atoms with E-state index in [9.17, 15) is 29.1 Å². The Morgan fingerprint density at radius 1 is 1.00 bits per heavy atom. The maximum atomic E-state index is 14.1. The molecular weight excluding hydrogens is 578 g/mol. The molecule has 3 rings (SSSR count). The lowest BCUT2D eigenvalue weighted by Crippen LogP contribution is -2.66. The average molecular weight is 624 g/mol. The molecule has 0 aromatic heterocycles. The lowest BCUT2D eigenvalue weighted by atomic mass is 9.81. The molecule has 5 atom stereocenters. The van der Waals surface area contributed by atoms with Crippen molar-refractivity contribution in [1.29, 1.82) is 0 Å². The normalized spacial score (nSPS) is 19.1. The summed E-state index contributed by atoms with van der Waals surface area (Å²) in [5.41, 5.74) is 9.68. The first-order valence-electron chi connectivity index (χ1n) is 15.1. The molecule has 0 bridgehead atoms. The van der Waals surface area contributed by atoms with E-state index in [2.05, 4.69) is 10.6 Å². The van der Waals surface area contributed by atoms with Gasteiger partial charge in [0.1, 0.15) is 18.7 Å². The van der Waals surface area contributed by atoms with Crippen LogP contribution in [-0.4, -0.2) is 69.5 Å². The summed E-state index contributed by atoms with van der Waals surface area (Å²) >= 11 is 0. The molecule has 1 fully saturated rings. The van der Waals surface area contributed by atoms with Crippen LogP contribution < -0.4 is 22.1 Å². The third kappa shape index (κ3) is 9.60. The highest BCUT2D eigenvalue weighted by atomic mass is 16.5. The van der Waals surface area contributed by atoms with Crippen LogP contribution in [0.15, 0.2) is 60.7 Å². The van der Waals surface area contributed by atoms with Gasteiger partial charge in [-0.3, -0.25) is 24.9 Å². The summed E-state index contributed by atoms with van der Waals surface area (Å²) in [6.07, 6.45) is -0.757. The minimum absolute atomic E-state index is 0.109. The molecule has 1 aliphatic heterocycles. The van der Waals surface area contributed by atoms with Crippen molar-refractivity contribution in [2.45, 2.75) is 83.3 Å². The van der Waals surface area contributed by atoms with E-state index in [1.807, 2.05) is 27.7 Å². The van der Waals surface area contributed by atoms with Gasteiger partial charge >= 0.3 is 6.09 Å². The van der Waals surface area contributed by atoms with E-state index >= 15 is 0 Å². The number of alkyl carbamates (subject to hydrolysis) is 1. The van der Waals surface area contributed by atoms with Gasteiger partial charge in [-0.25, -0.2) is 4.79 Å². The second-order valence-corrected chi connectivity index (χ2v) is 12.5. The Labute approximate surface area is 263 Å². The number of nitrogens with zero attached hydrogens (tertiary/aromatic N) is 1. The summed E-state index contributed by atoms with van der Waals surface area (Å²) in [5, 5.41) is 17.0. The van der Waals surface area contributed by atoms with Gasteiger partial charge in [0.25, 0.3) is 5.91 Å². The van der Waals surface area contributed by atoms with Crippen LogP contribution in [0, 0.1) is 11.8 Å². The summed E-state index contributed by atoms with van der Waals surface area (Å²) < 4.78 is 5.24. The smallest absolute Gasteiger partial charge is 0.408 e. The van der Waals surface area contributed by atoms with Crippen molar-refractivity contribution in [1.82, 2.24) is 15.5 Å².